The number of benzene rings is 1. The van der Waals surface area contributed by atoms with E-state index in [4.69, 9.17) is 9.73 Å². The zero-order valence-electron chi connectivity index (χ0n) is 13.1. The first-order chi connectivity index (χ1) is 10.3. The summed E-state index contributed by atoms with van der Waals surface area (Å²) in [5.74, 6) is 0.905. The predicted octanol–water partition coefficient (Wildman–Crippen LogP) is 2.87. The Morgan fingerprint density at radius 3 is 2.62 bits per heavy atom. The van der Waals surface area contributed by atoms with Crippen LogP contribution in [-0.4, -0.2) is 32.2 Å². The summed E-state index contributed by atoms with van der Waals surface area (Å²) in [6, 6.07) is 10.8. The van der Waals surface area contributed by atoms with Crippen molar-refractivity contribution in [3.8, 4) is 0 Å². The molecule has 0 radical (unpaired) electrons. The number of guanidine groups is 1. The van der Waals surface area contributed by atoms with Gasteiger partial charge in [0, 0.05) is 19.7 Å². The van der Waals surface area contributed by atoms with Crippen molar-refractivity contribution in [2.24, 2.45) is 4.99 Å². The molecule has 116 valence electrons. The van der Waals surface area contributed by atoms with E-state index < -0.39 is 0 Å². The fraction of sp³-hybridized carbons (Fsp3) is 0.588. The Kier molecular flexibility index (Phi) is 6.54. The lowest BCUT2D eigenvalue weighted by molar-refractivity contribution is 0.111. The molecule has 1 aliphatic rings. The second-order valence-corrected chi connectivity index (χ2v) is 5.48. The number of nitrogens with one attached hydrogen (secondary N) is 2. The number of hydrogen-bond donors (Lipinski definition) is 2. The van der Waals surface area contributed by atoms with Crippen LogP contribution in [0.25, 0.3) is 0 Å². The van der Waals surface area contributed by atoms with Gasteiger partial charge in [-0.2, -0.15) is 0 Å². The first-order valence-corrected chi connectivity index (χ1v) is 7.96. The average molecular weight is 289 g/mol. The number of rotatable bonds is 6. The Labute approximate surface area is 128 Å². The molecule has 0 aromatic heterocycles. The Balaban J connectivity index is 1.96. The van der Waals surface area contributed by atoms with Crippen LogP contribution in [0, 0.1) is 0 Å². The lowest BCUT2D eigenvalue weighted by atomic mass is 10.1. The van der Waals surface area contributed by atoms with E-state index in [9.17, 15) is 0 Å². The average Bonchev–Trinajstić information content (AvgIpc) is 3.02. The normalized spacial score (nSPS) is 17.7. The van der Waals surface area contributed by atoms with Crippen molar-refractivity contribution in [1.29, 1.82) is 0 Å². The first-order valence-electron chi connectivity index (χ1n) is 7.96. The molecular weight excluding hydrogens is 262 g/mol. The van der Waals surface area contributed by atoms with Crippen LogP contribution in [-0.2, 0) is 4.74 Å². The van der Waals surface area contributed by atoms with Gasteiger partial charge in [-0.25, -0.2) is 0 Å². The van der Waals surface area contributed by atoms with Gasteiger partial charge in [0.1, 0.15) is 6.10 Å². The van der Waals surface area contributed by atoms with E-state index in [1.165, 1.54) is 31.2 Å². The van der Waals surface area contributed by atoms with Gasteiger partial charge in [0.2, 0.25) is 0 Å². The van der Waals surface area contributed by atoms with Gasteiger partial charge in [-0.05, 0) is 25.3 Å². The highest BCUT2D eigenvalue weighted by atomic mass is 16.5. The van der Waals surface area contributed by atoms with Crippen LogP contribution in [0.2, 0.25) is 0 Å². The van der Waals surface area contributed by atoms with Crippen molar-refractivity contribution < 1.29 is 4.74 Å². The van der Waals surface area contributed by atoms with Gasteiger partial charge < -0.3 is 15.4 Å². The van der Waals surface area contributed by atoms with Crippen LogP contribution >= 0.6 is 0 Å². The van der Waals surface area contributed by atoms with E-state index in [1.54, 1.807) is 7.11 Å². The summed E-state index contributed by atoms with van der Waals surface area (Å²) < 4.78 is 5.57. The molecular formula is C17H27N3O. The molecule has 0 saturated heterocycles. The second kappa shape index (κ2) is 8.67. The van der Waals surface area contributed by atoms with E-state index in [1.807, 2.05) is 18.2 Å². The molecule has 0 aliphatic heterocycles. The van der Waals surface area contributed by atoms with Crippen molar-refractivity contribution in [3.63, 3.8) is 0 Å². The third-order valence-electron chi connectivity index (χ3n) is 3.91. The van der Waals surface area contributed by atoms with E-state index in [-0.39, 0.29) is 6.10 Å². The number of hydrogen-bond acceptors (Lipinski definition) is 2. The molecule has 0 amide bonds. The second-order valence-electron chi connectivity index (χ2n) is 5.48. The third-order valence-corrected chi connectivity index (χ3v) is 3.91. The maximum Gasteiger partial charge on any atom is 0.191 e. The SMILES string of the molecule is CCNC(=NCC(OC)c1ccccc1)NC1CCCC1. The van der Waals surface area contributed by atoms with Crippen molar-refractivity contribution in [1.82, 2.24) is 10.6 Å². The van der Waals surface area contributed by atoms with Crippen LogP contribution in [0.3, 0.4) is 0 Å². The van der Waals surface area contributed by atoms with Gasteiger partial charge >= 0.3 is 0 Å². The van der Waals surface area contributed by atoms with Gasteiger partial charge in [-0.3, -0.25) is 4.99 Å². The summed E-state index contributed by atoms with van der Waals surface area (Å²) in [7, 11) is 1.74. The zero-order valence-corrected chi connectivity index (χ0v) is 13.1. The molecule has 1 aromatic carbocycles. The topological polar surface area (TPSA) is 45.7 Å². The monoisotopic (exact) mass is 289 g/mol. The van der Waals surface area contributed by atoms with Crippen LogP contribution in [0.5, 0.6) is 0 Å². The van der Waals surface area contributed by atoms with Crippen molar-refractivity contribution >= 4 is 5.96 Å². The quantitative estimate of drug-likeness (QED) is 0.625. The molecule has 1 aromatic rings. The van der Waals surface area contributed by atoms with Crippen LogP contribution in [0.4, 0.5) is 0 Å². The number of nitrogens with zero attached hydrogens (tertiary/aromatic N) is 1. The van der Waals surface area contributed by atoms with Gasteiger partial charge in [0.25, 0.3) is 0 Å². The van der Waals surface area contributed by atoms with Gasteiger partial charge in [0.05, 0.1) is 6.54 Å². The van der Waals surface area contributed by atoms with Gasteiger partial charge in [0.15, 0.2) is 5.96 Å². The Hall–Kier alpha value is -1.55. The molecule has 2 N–H and O–H groups in total. The molecule has 2 rings (SSSR count). The Morgan fingerprint density at radius 2 is 2.00 bits per heavy atom. The lowest BCUT2D eigenvalue weighted by Crippen LogP contribution is -2.42. The Morgan fingerprint density at radius 1 is 1.29 bits per heavy atom. The van der Waals surface area contributed by atoms with E-state index >= 15 is 0 Å². The van der Waals surface area contributed by atoms with Crippen molar-refractivity contribution in [2.45, 2.75) is 44.8 Å². The molecule has 1 unspecified atom stereocenters. The molecule has 0 spiro atoms. The minimum atomic E-state index is 0.00485. The minimum Gasteiger partial charge on any atom is -0.375 e. The van der Waals surface area contributed by atoms with Crippen LogP contribution < -0.4 is 10.6 Å². The van der Waals surface area contributed by atoms with Gasteiger partial charge in [-0.15, -0.1) is 0 Å². The smallest absolute Gasteiger partial charge is 0.191 e. The summed E-state index contributed by atoms with van der Waals surface area (Å²) in [4.78, 5) is 4.69. The molecule has 1 atom stereocenters. The molecule has 4 nitrogen and oxygen atoms in total. The molecule has 1 aliphatic carbocycles. The van der Waals surface area contributed by atoms with Crippen molar-refractivity contribution in [2.75, 3.05) is 20.2 Å². The van der Waals surface area contributed by atoms with Crippen molar-refractivity contribution in [3.05, 3.63) is 35.9 Å². The number of ether oxygens (including phenoxy) is 1. The predicted molar refractivity (Wildman–Crippen MR) is 87.6 cm³/mol. The highest BCUT2D eigenvalue weighted by Gasteiger charge is 2.16. The van der Waals surface area contributed by atoms with E-state index in [0.717, 1.165) is 12.5 Å². The highest BCUT2D eigenvalue weighted by Crippen LogP contribution is 2.18. The third kappa shape index (κ3) is 5.05. The van der Waals surface area contributed by atoms with E-state index in [2.05, 4.69) is 29.7 Å². The minimum absolute atomic E-state index is 0.00485. The fourth-order valence-corrected chi connectivity index (χ4v) is 2.74. The number of methoxy groups -OCH3 is 1. The molecule has 1 saturated carbocycles. The highest BCUT2D eigenvalue weighted by molar-refractivity contribution is 5.80. The maximum absolute atomic E-state index is 5.57. The molecule has 21 heavy (non-hydrogen) atoms. The molecule has 4 heteroatoms. The lowest BCUT2D eigenvalue weighted by Gasteiger charge is -2.18. The summed E-state index contributed by atoms with van der Waals surface area (Å²) in [5.41, 5.74) is 1.17. The van der Waals surface area contributed by atoms with Crippen LogP contribution in [0.1, 0.15) is 44.3 Å². The van der Waals surface area contributed by atoms with Crippen LogP contribution in [0.15, 0.2) is 35.3 Å². The van der Waals surface area contributed by atoms with Gasteiger partial charge in [-0.1, -0.05) is 43.2 Å². The maximum atomic E-state index is 5.57. The molecule has 1 fully saturated rings. The van der Waals surface area contributed by atoms with E-state index in [0.29, 0.717) is 12.6 Å². The standard InChI is InChI=1S/C17H27N3O/c1-3-18-17(20-15-11-7-8-12-15)19-13-16(21-2)14-9-5-4-6-10-14/h4-6,9-10,15-16H,3,7-8,11-13H2,1-2H3,(H2,18,19,20). The largest absolute Gasteiger partial charge is 0.375 e. The summed E-state index contributed by atoms with van der Waals surface area (Å²) in [6.45, 7) is 3.60. The number of aliphatic imine (C=N–C) groups is 1. The summed E-state index contributed by atoms with van der Waals surface area (Å²) >= 11 is 0. The zero-order chi connectivity index (χ0) is 14.9. The molecule has 0 heterocycles. The summed E-state index contributed by atoms with van der Waals surface area (Å²) in [5, 5.41) is 6.85. The first kappa shape index (κ1) is 15.8. The Bertz CT molecular complexity index is 427. The molecule has 0 bridgehead atoms. The summed E-state index contributed by atoms with van der Waals surface area (Å²) in [6.07, 6.45) is 5.14. The fourth-order valence-electron chi connectivity index (χ4n) is 2.74.